The molecule has 0 radical (unpaired) electrons. The van der Waals surface area contributed by atoms with Crippen molar-refractivity contribution < 1.29 is 14.3 Å². The van der Waals surface area contributed by atoms with Crippen LogP contribution in [0.4, 0.5) is 5.00 Å². The number of nitrogens with one attached hydrogen (secondary N) is 1. The summed E-state index contributed by atoms with van der Waals surface area (Å²) in [6.45, 7) is 4.17. The van der Waals surface area contributed by atoms with E-state index >= 15 is 0 Å². The van der Waals surface area contributed by atoms with Gasteiger partial charge < -0.3 is 10.1 Å². The van der Waals surface area contributed by atoms with Gasteiger partial charge in [-0.05, 0) is 41.5 Å². The first-order chi connectivity index (χ1) is 12.0. The fraction of sp³-hybridized carbons (Fsp3) is 0.278. The lowest BCUT2D eigenvalue weighted by molar-refractivity contribution is 0.0601. The summed E-state index contributed by atoms with van der Waals surface area (Å²) in [5.74, 6) is -0.279. The second kappa shape index (κ2) is 7.33. The Morgan fingerprint density at radius 2 is 2.08 bits per heavy atom. The van der Waals surface area contributed by atoms with Crippen LogP contribution in [0.5, 0.6) is 0 Å². The molecule has 0 fully saturated rings. The van der Waals surface area contributed by atoms with E-state index in [-0.39, 0.29) is 5.91 Å². The van der Waals surface area contributed by atoms with Crippen LogP contribution in [-0.4, -0.2) is 24.0 Å². The number of ether oxygens (including phenoxy) is 1. The lowest BCUT2D eigenvalue weighted by Gasteiger charge is -2.09. The zero-order valence-electron chi connectivity index (χ0n) is 14.2. The summed E-state index contributed by atoms with van der Waals surface area (Å²) in [5, 5.41) is 5.29. The summed E-state index contributed by atoms with van der Waals surface area (Å²) in [4.78, 5) is 29.0. The molecule has 25 heavy (non-hydrogen) atoms. The Bertz CT molecular complexity index is 927. The zero-order valence-corrected chi connectivity index (χ0v) is 15.8. The summed E-state index contributed by atoms with van der Waals surface area (Å²) in [5.41, 5.74) is 4.51. The highest BCUT2D eigenvalue weighted by molar-refractivity contribution is 7.16. The zero-order chi connectivity index (χ0) is 18.0. The fourth-order valence-corrected chi connectivity index (χ4v) is 4.25. The molecule has 2 heterocycles. The number of fused-ring (bicyclic) bond motifs is 1. The number of amides is 1. The molecule has 0 aliphatic rings. The average Bonchev–Trinajstić information content (AvgIpc) is 3.20. The molecule has 0 unspecified atom stereocenters. The minimum Gasteiger partial charge on any atom is -0.465 e. The normalized spacial score (nSPS) is 11.0. The van der Waals surface area contributed by atoms with Crippen LogP contribution in [0.1, 0.15) is 40.1 Å². The van der Waals surface area contributed by atoms with Crippen molar-refractivity contribution in [3.63, 3.8) is 0 Å². The molecule has 0 bridgehead atoms. The topological polar surface area (TPSA) is 68.3 Å². The number of esters is 1. The molecular formula is C18H18N2O3S2. The molecule has 0 atom stereocenters. The molecule has 0 spiro atoms. The lowest BCUT2D eigenvalue weighted by atomic mass is 10.0. The van der Waals surface area contributed by atoms with Gasteiger partial charge in [-0.1, -0.05) is 13.8 Å². The summed E-state index contributed by atoms with van der Waals surface area (Å²) in [7, 11) is 1.35. The Morgan fingerprint density at radius 1 is 1.28 bits per heavy atom. The minimum absolute atomic E-state index is 0.251. The van der Waals surface area contributed by atoms with E-state index in [1.54, 1.807) is 11.6 Å². The number of benzene rings is 1. The van der Waals surface area contributed by atoms with Crippen LogP contribution in [0.15, 0.2) is 29.1 Å². The molecule has 0 aliphatic carbocycles. The van der Waals surface area contributed by atoms with Gasteiger partial charge in [-0.2, -0.15) is 0 Å². The highest BCUT2D eigenvalue weighted by Gasteiger charge is 2.22. The number of anilines is 1. The summed E-state index contributed by atoms with van der Waals surface area (Å²) in [6, 6.07) is 5.36. The maximum atomic E-state index is 12.6. The second-order valence-electron chi connectivity index (χ2n) is 6.04. The van der Waals surface area contributed by atoms with Gasteiger partial charge in [-0.15, -0.1) is 22.7 Å². The van der Waals surface area contributed by atoms with E-state index in [1.165, 1.54) is 29.8 Å². The maximum absolute atomic E-state index is 12.6. The Morgan fingerprint density at radius 3 is 2.80 bits per heavy atom. The Kier molecular flexibility index (Phi) is 5.15. The van der Waals surface area contributed by atoms with Gasteiger partial charge >= 0.3 is 5.97 Å². The number of thiazole rings is 1. The maximum Gasteiger partial charge on any atom is 0.341 e. The molecular weight excluding hydrogens is 356 g/mol. The van der Waals surface area contributed by atoms with E-state index in [4.69, 9.17) is 4.74 Å². The molecule has 1 amide bonds. The first-order valence-electron chi connectivity index (χ1n) is 7.83. The molecule has 3 aromatic rings. The van der Waals surface area contributed by atoms with Crippen molar-refractivity contribution in [2.24, 2.45) is 5.92 Å². The van der Waals surface area contributed by atoms with E-state index < -0.39 is 5.97 Å². The first kappa shape index (κ1) is 17.6. The number of carbonyl (C=O) groups is 2. The van der Waals surface area contributed by atoms with Crippen LogP contribution in [0.3, 0.4) is 0 Å². The third-order valence-corrected chi connectivity index (χ3v) is 5.44. The third kappa shape index (κ3) is 3.72. The van der Waals surface area contributed by atoms with Gasteiger partial charge in [0.1, 0.15) is 5.00 Å². The molecule has 1 aromatic carbocycles. The van der Waals surface area contributed by atoms with Crippen LogP contribution >= 0.6 is 22.7 Å². The number of aromatic nitrogens is 1. The smallest absolute Gasteiger partial charge is 0.341 e. The van der Waals surface area contributed by atoms with E-state index in [2.05, 4.69) is 24.1 Å². The molecule has 2 aromatic heterocycles. The predicted molar refractivity (Wildman–Crippen MR) is 102 cm³/mol. The molecule has 0 saturated heterocycles. The van der Waals surface area contributed by atoms with Gasteiger partial charge in [-0.3, -0.25) is 4.79 Å². The van der Waals surface area contributed by atoms with Crippen LogP contribution in [0.25, 0.3) is 10.2 Å². The molecule has 5 nitrogen and oxygen atoms in total. The summed E-state index contributed by atoms with van der Waals surface area (Å²) < 4.78 is 5.85. The first-order valence-corrected chi connectivity index (χ1v) is 9.58. The molecule has 7 heteroatoms. The van der Waals surface area contributed by atoms with E-state index in [0.29, 0.717) is 22.0 Å². The van der Waals surface area contributed by atoms with Crippen LogP contribution in [0.2, 0.25) is 0 Å². The SMILES string of the molecule is COC(=O)c1c(CC(C)C)csc1NC(=O)c1ccc2ncsc2c1. The lowest BCUT2D eigenvalue weighted by Crippen LogP contribution is -2.15. The van der Waals surface area contributed by atoms with Gasteiger partial charge in [0.05, 0.1) is 28.4 Å². The summed E-state index contributed by atoms with van der Waals surface area (Å²) >= 11 is 2.83. The van der Waals surface area contributed by atoms with Crippen LogP contribution < -0.4 is 5.32 Å². The minimum atomic E-state index is -0.426. The van der Waals surface area contributed by atoms with Crippen molar-refractivity contribution >= 4 is 49.8 Å². The standard InChI is InChI=1S/C18H18N2O3S2/c1-10(2)6-12-8-24-17(15(12)18(22)23-3)20-16(21)11-4-5-13-14(7-11)25-9-19-13/h4-5,7-10H,6H2,1-3H3,(H,20,21). The number of carbonyl (C=O) groups excluding carboxylic acids is 2. The number of nitrogens with zero attached hydrogens (tertiary/aromatic N) is 1. The monoisotopic (exact) mass is 374 g/mol. The van der Waals surface area contributed by atoms with Gasteiger partial charge in [0.2, 0.25) is 0 Å². The highest BCUT2D eigenvalue weighted by Crippen LogP contribution is 2.31. The van der Waals surface area contributed by atoms with Crippen molar-refractivity contribution in [2.45, 2.75) is 20.3 Å². The van der Waals surface area contributed by atoms with Crippen molar-refractivity contribution in [3.05, 3.63) is 45.8 Å². The predicted octanol–water partition coefficient (Wildman–Crippen LogP) is 4.60. The molecule has 0 aliphatic heterocycles. The molecule has 1 N–H and O–H groups in total. The Hall–Kier alpha value is -2.25. The Balaban J connectivity index is 1.89. The molecule has 0 saturated carbocycles. The summed E-state index contributed by atoms with van der Waals surface area (Å²) in [6.07, 6.45) is 0.754. The highest BCUT2D eigenvalue weighted by atomic mass is 32.1. The second-order valence-corrected chi connectivity index (χ2v) is 7.81. The van der Waals surface area contributed by atoms with Crippen LogP contribution in [-0.2, 0) is 11.2 Å². The van der Waals surface area contributed by atoms with Gasteiger partial charge in [-0.25, -0.2) is 9.78 Å². The quantitative estimate of drug-likeness (QED) is 0.663. The van der Waals surface area contributed by atoms with Gasteiger partial charge in [0, 0.05) is 5.56 Å². The third-order valence-electron chi connectivity index (χ3n) is 3.71. The van der Waals surface area contributed by atoms with Crippen molar-refractivity contribution in [1.29, 1.82) is 0 Å². The Labute approximate surface area is 153 Å². The molecule has 3 rings (SSSR count). The molecule has 130 valence electrons. The fourth-order valence-electron chi connectivity index (χ4n) is 2.57. The number of hydrogen-bond donors (Lipinski definition) is 1. The van der Waals surface area contributed by atoms with Crippen LogP contribution in [0, 0.1) is 5.92 Å². The van der Waals surface area contributed by atoms with Crippen molar-refractivity contribution in [2.75, 3.05) is 12.4 Å². The number of hydrogen-bond acceptors (Lipinski definition) is 6. The van der Waals surface area contributed by atoms with Crippen molar-refractivity contribution in [1.82, 2.24) is 4.98 Å². The van der Waals surface area contributed by atoms with E-state index in [9.17, 15) is 9.59 Å². The average molecular weight is 374 g/mol. The number of rotatable bonds is 5. The van der Waals surface area contributed by atoms with Gasteiger partial charge in [0.25, 0.3) is 5.91 Å². The number of thiophene rings is 1. The number of methoxy groups -OCH3 is 1. The van der Waals surface area contributed by atoms with Gasteiger partial charge in [0.15, 0.2) is 0 Å². The van der Waals surface area contributed by atoms with E-state index in [1.807, 2.05) is 17.5 Å². The largest absolute Gasteiger partial charge is 0.465 e. The van der Waals surface area contributed by atoms with Crippen molar-refractivity contribution in [3.8, 4) is 0 Å². The van der Waals surface area contributed by atoms with E-state index in [0.717, 1.165) is 22.2 Å².